The van der Waals surface area contributed by atoms with E-state index in [2.05, 4.69) is 4.98 Å². The first kappa shape index (κ1) is 6.91. The first-order valence-corrected chi connectivity index (χ1v) is 3.51. The van der Waals surface area contributed by atoms with Gasteiger partial charge in [0.25, 0.3) is 5.78 Å². The summed E-state index contributed by atoms with van der Waals surface area (Å²) in [6, 6.07) is 3.48. The number of allylic oxidation sites excluding steroid dienone is 1. The molecule has 0 atom stereocenters. The van der Waals surface area contributed by atoms with Crippen molar-refractivity contribution in [3.63, 3.8) is 0 Å². The zero-order chi connectivity index (χ0) is 8.55. The third-order valence-electron chi connectivity index (χ3n) is 1.69. The number of hydrogen-bond donors (Lipinski definition) is 0. The highest BCUT2D eigenvalue weighted by molar-refractivity contribution is 6.49. The Morgan fingerprint density at radius 1 is 1.17 bits per heavy atom. The first-order valence-electron chi connectivity index (χ1n) is 3.51. The van der Waals surface area contributed by atoms with Crippen LogP contribution in [0.5, 0.6) is 0 Å². The van der Waals surface area contributed by atoms with E-state index < -0.39 is 11.6 Å². The van der Waals surface area contributed by atoms with Gasteiger partial charge in [-0.1, -0.05) is 6.07 Å². The number of aromatic nitrogens is 1. The number of rotatable bonds is 0. The number of carbonyl (C=O) groups is 2. The lowest BCUT2D eigenvalue weighted by molar-refractivity contribution is -0.111. The first-order chi connectivity index (χ1) is 5.79. The van der Waals surface area contributed by atoms with E-state index in [9.17, 15) is 9.59 Å². The summed E-state index contributed by atoms with van der Waals surface area (Å²) in [6.07, 6.45) is 4.38. The Bertz CT molecular complexity index is 393. The van der Waals surface area contributed by atoms with Crippen molar-refractivity contribution < 1.29 is 9.59 Å². The number of pyridine rings is 1. The molecule has 1 aliphatic rings. The fourth-order valence-corrected chi connectivity index (χ4v) is 1.10. The Labute approximate surface area is 68.7 Å². The van der Waals surface area contributed by atoms with Crippen LogP contribution in [0.1, 0.15) is 16.1 Å². The minimum Gasteiger partial charge on any atom is -0.285 e. The fraction of sp³-hybridized carbons (Fsp3) is 0. The van der Waals surface area contributed by atoms with Gasteiger partial charge in [-0.3, -0.25) is 14.6 Å². The van der Waals surface area contributed by atoms with Gasteiger partial charge in [-0.2, -0.15) is 0 Å². The molecule has 0 saturated carbocycles. The van der Waals surface area contributed by atoms with Crippen LogP contribution < -0.4 is 0 Å². The predicted octanol–water partition coefficient (Wildman–Crippen LogP) is 0.860. The maximum atomic E-state index is 11.2. The highest BCUT2D eigenvalue weighted by atomic mass is 16.2. The van der Waals surface area contributed by atoms with Crippen LogP contribution in [0.25, 0.3) is 6.08 Å². The Morgan fingerprint density at radius 3 is 2.83 bits per heavy atom. The quantitative estimate of drug-likeness (QED) is 0.527. The molecule has 12 heavy (non-hydrogen) atoms. The molecule has 0 fully saturated rings. The van der Waals surface area contributed by atoms with Crippen LogP contribution >= 0.6 is 0 Å². The number of nitrogens with zero attached hydrogens (tertiary/aromatic N) is 1. The number of Topliss-reactive ketones (excluding diaryl/α,β-unsaturated/α-hetero) is 1. The minimum atomic E-state index is -0.520. The monoisotopic (exact) mass is 159 g/mol. The normalized spacial score (nSPS) is 14.7. The van der Waals surface area contributed by atoms with Gasteiger partial charge in [-0.25, -0.2) is 0 Å². The summed E-state index contributed by atoms with van der Waals surface area (Å²) in [7, 11) is 0. The van der Waals surface area contributed by atoms with Crippen molar-refractivity contribution in [1.82, 2.24) is 4.98 Å². The Balaban J connectivity index is 2.67. The second-order valence-electron chi connectivity index (χ2n) is 2.47. The van der Waals surface area contributed by atoms with Crippen molar-refractivity contribution in [3.8, 4) is 0 Å². The van der Waals surface area contributed by atoms with Crippen molar-refractivity contribution in [2.75, 3.05) is 0 Å². The van der Waals surface area contributed by atoms with E-state index in [1.54, 1.807) is 18.2 Å². The van der Waals surface area contributed by atoms with Gasteiger partial charge >= 0.3 is 0 Å². The van der Waals surface area contributed by atoms with E-state index in [-0.39, 0.29) is 5.69 Å². The average molecular weight is 159 g/mol. The Hall–Kier alpha value is -1.77. The second-order valence-corrected chi connectivity index (χ2v) is 2.47. The van der Waals surface area contributed by atoms with Gasteiger partial charge in [0.1, 0.15) is 5.69 Å². The Morgan fingerprint density at radius 2 is 2.00 bits per heavy atom. The van der Waals surface area contributed by atoms with Crippen molar-refractivity contribution in [3.05, 3.63) is 35.7 Å². The third-order valence-corrected chi connectivity index (χ3v) is 1.69. The fourth-order valence-electron chi connectivity index (χ4n) is 1.10. The van der Waals surface area contributed by atoms with Crippen LogP contribution in [0.15, 0.2) is 24.4 Å². The average Bonchev–Trinajstić information content (AvgIpc) is 2.12. The summed E-state index contributed by atoms with van der Waals surface area (Å²) in [5.74, 6) is -1.02. The van der Waals surface area contributed by atoms with Gasteiger partial charge < -0.3 is 0 Å². The highest BCUT2D eigenvalue weighted by Crippen LogP contribution is 2.13. The van der Waals surface area contributed by atoms with E-state index in [1.165, 1.54) is 12.3 Å². The van der Waals surface area contributed by atoms with Gasteiger partial charge in [-0.15, -0.1) is 0 Å². The standard InChI is InChI=1S/C9H5NO2/c11-7-4-3-6-2-1-5-10-8(6)9(7)12/h1-5H. The zero-order valence-corrected chi connectivity index (χ0v) is 6.15. The molecule has 0 bridgehead atoms. The zero-order valence-electron chi connectivity index (χ0n) is 6.15. The topological polar surface area (TPSA) is 47.0 Å². The molecule has 0 saturated heterocycles. The molecule has 0 aliphatic heterocycles. The number of carbonyl (C=O) groups excluding carboxylic acids is 2. The van der Waals surface area contributed by atoms with Crippen LogP contribution in [0.4, 0.5) is 0 Å². The van der Waals surface area contributed by atoms with Crippen LogP contribution in [0.2, 0.25) is 0 Å². The molecule has 3 heteroatoms. The molecule has 1 aromatic rings. The minimum absolute atomic E-state index is 0.255. The summed E-state index contributed by atoms with van der Waals surface area (Å²) in [5.41, 5.74) is 0.965. The molecule has 0 unspecified atom stereocenters. The molecule has 0 spiro atoms. The predicted molar refractivity (Wildman–Crippen MR) is 42.6 cm³/mol. The lowest BCUT2D eigenvalue weighted by Gasteiger charge is -2.04. The van der Waals surface area contributed by atoms with E-state index >= 15 is 0 Å². The molecule has 0 aromatic carbocycles. The summed E-state index contributed by atoms with van der Waals surface area (Å²) >= 11 is 0. The Kier molecular flexibility index (Phi) is 1.37. The molecule has 1 heterocycles. The summed E-state index contributed by atoms with van der Waals surface area (Å²) < 4.78 is 0. The van der Waals surface area contributed by atoms with Crippen molar-refractivity contribution in [1.29, 1.82) is 0 Å². The number of ketones is 2. The third kappa shape index (κ3) is 0.871. The molecule has 58 valence electrons. The lowest BCUT2D eigenvalue weighted by Crippen LogP contribution is -2.17. The molecular weight excluding hydrogens is 154 g/mol. The van der Waals surface area contributed by atoms with Crippen molar-refractivity contribution in [2.24, 2.45) is 0 Å². The van der Waals surface area contributed by atoms with Crippen LogP contribution in [0, 0.1) is 0 Å². The summed E-state index contributed by atoms with van der Waals surface area (Å²) in [4.78, 5) is 25.9. The number of hydrogen-bond acceptors (Lipinski definition) is 3. The maximum Gasteiger partial charge on any atom is 0.251 e. The van der Waals surface area contributed by atoms with Crippen LogP contribution in [0.3, 0.4) is 0 Å². The van der Waals surface area contributed by atoms with Crippen molar-refractivity contribution in [2.45, 2.75) is 0 Å². The molecular formula is C9H5NO2. The summed E-state index contributed by atoms with van der Waals surface area (Å²) in [6.45, 7) is 0. The van der Waals surface area contributed by atoms with E-state index in [1.807, 2.05) is 0 Å². The molecule has 1 aromatic heterocycles. The summed E-state index contributed by atoms with van der Waals surface area (Å²) in [5, 5.41) is 0. The van der Waals surface area contributed by atoms with Crippen molar-refractivity contribution >= 4 is 17.6 Å². The van der Waals surface area contributed by atoms with E-state index in [4.69, 9.17) is 0 Å². The smallest absolute Gasteiger partial charge is 0.251 e. The maximum absolute atomic E-state index is 11.2. The lowest BCUT2D eigenvalue weighted by atomic mass is 10.0. The highest BCUT2D eigenvalue weighted by Gasteiger charge is 2.21. The molecule has 0 amide bonds. The largest absolute Gasteiger partial charge is 0.285 e. The van der Waals surface area contributed by atoms with Crippen LogP contribution in [-0.2, 0) is 4.79 Å². The SMILES string of the molecule is O=C1C=Cc2cccnc2C1=O. The molecule has 2 rings (SSSR count). The number of fused-ring (bicyclic) bond motifs is 1. The van der Waals surface area contributed by atoms with E-state index in [0.29, 0.717) is 5.56 Å². The van der Waals surface area contributed by atoms with Crippen LogP contribution in [-0.4, -0.2) is 16.6 Å². The van der Waals surface area contributed by atoms with Gasteiger partial charge in [0.2, 0.25) is 5.78 Å². The van der Waals surface area contributed by atoms with Gasteiger partial charge in [-0.05, 0) is 18.2 Å². The van der Waals surface area contributed by atoms with Gasteiger partial charge in [0.05, 0.1) is 0 Å². The van der Waals surface area contributed by atoms with Gasteiger partial charge in [0.15, 0.2) is 0 Å². The molecule has 1 aliphatic carbocycles. The molecule has 0 N–H and O–H groups in total. The van der Waals surface area contributed by atoms with E-state index in [0.717, 1.165) is 0 Å². The molecule has 0 radical (unpaired) electrons. The molecule has 3 nitrogen and oxygen atoms in total. The second kappa shape index (κ2) is 2.37. The van der Waals surface area contributed by atoms with Gasteiger partial charge in [0, 0.05) is 11.8 Å².